The molecule has 1 saturated heterocycles. The average Bonchev–Trinajstić information content (AvgIpc) is 2.98. The molecule has 12 heteroatoms. The molecule has 2 aliphatic rings. The molecule has 2 heterocycles. The Hall–Kier alpha value is -3.99. The van der Waals surface area contributed by atoms with Gasteiger partial charge >= 0.3 is 12.1 Å². The lowest BCUT2D eigenvalue weighted by molar-refractivity contribution is -0.152. The second kappa shape index (κ2) is 11.9. The summed E-state index contributed by atoms with van der Waals surface area (Å²) < 4.78 is 67.5. The number of amides is 1. The number of benzene rings is 3. The zero-order valence-electron chi connectivity index (χ0n) is 23.2. The normalized spacial score (nSPS) is 16.6. The molecule has 0 aliphatic carbocycles. The molecule has 0 spiro atoms. The van der Waals surface area contributed by atoms with Crippen LogP contribution in [-0.4, -0.2) is 43.8 Å². The number of hydrogen-bond donors (Lipinski definition) is 1. The second-order valence-electron chi connectivity index (χ2n) is 10.7. The monoisotopic (exact) mass is 620 g/mol. The van der Waals surface area contributed by atoms with Crippen molar-refractivity contribution in [2.24, 2.45) is 5.41 Å². The molecular formula is C31H29ClF4N2O5. The first kappa shape index (κ1) is 30.5. The number of halogens is 5. The van der Waals surface area contributed by atoms with Crippen molar-refractivity contribution in [1.82, 2.24) is 0 Å². The van der Waals surface area contributed by atoms with Gasteiger partial charge in [0.2, 0.25) is 5.91 Å². The number of fused-ring (bicyclic) bond motifs is 1. The number of piperidine rings is 1. The van der Waals surface area contributed by atoms with E-state index >= 15 is 4.39 Å². The van der Waals surface area contributed by atoms with Crippen molar-refractivity contribution in [1.29, 1.82) is 0 Å². The van der Waals surface area contributed by atoms with Gasteiger partial charge in [-0.05, 0) is 67.3 Å². The number of carboxylic acid groups (broad SMARTS) is 1. The lowest BCUT2D eigenvalue weighted by Gasteiger charge is -2.40. The zero-order chi connectivity index (χ0) is 30.9. The van der Waals surface area contributed by atoms with Crippen LogP contribution in [0, 0.1) is 11.2 Å². The molecule has 0 atom stereocenters. The van der Waals surface area contributed by atoms with Gasteiger partial charge in [-0.2, -0.15) is 13.2 Å². The summed E-state index contributed by atoms with van der Waals surface area (Å²) in [6.45, 7) is -0.0544. The first-order valence-electron chi connectivity index (χ1n) is 13.6. The second-order valence-corrected chi connectivity index (χ2v) is 11.2. The number of carbonyl (C=O) groups is 2. The van der Waals surface area contributed by atoms with Gasteiger partial charge in [-0.1, -0.05) is 23.7 Å². The first-order chi connectivity index (χ1) is 20.4. The number of nitrogens with zero attached hydrogens (tertiary/aromatic N) is 2. The number of rotatable bonds is 8. The lowest BCUT2D eigenvalue weighted by atomic mass is 9.79. The third kappa shape index (κ3) is 6.22. The zero-order valence-corrected chi connectivity index (χ0v) is 24.0. The number of carbonyl (C=O) groups excluding carboxylic acids is 1. The minimum Gasteiger partial charge on any atom is -0.497 e. The number of alkyl halides is 3. The SMILES string of the molecule is COc1ccc(CN2C(=O)CCc3c(OCC4(C(=O)O)CCN(c5ccc(Cl)cc5C(F)(F)F)CC4)ccc(F)c32)cc1. The molecule has 7 nitrogen and oxygen atoms in total. The van der Waals surface area contributed by atoms with Gasteiger partial charge in [0.25, 0.3) is 0 Å². The third-order valence-corrected chi connectivity index (χ3v) is 8.37. The van der Waals surface area contributed by atoms with Crippen LogP contribution < -0.4 is 19.3 Å². The Bertz CT molecular complexity index is 1520. The van der Waals surface area contributed by atoms with Gasteiger partial charge < -0.3 is 24.4 Å². The van der Waals surface area contributed by atoms with E-state index < -0.39 is 28.9 Å². The topological polar surface area (TPSA) is 79.3 Å². The number of ether oxygens (including phenoxy) is 2. The maximum atomic E-state index is 15.2. The fraction of sp³-hybridized carbons (Fsp3) is 0.355. The summed E-state index contributed by atoms with van der Waals surface area (Å²) in [7, 11) is 1.54. The Balaban J connectivity index is 1.35. The molecule has 0 saturated carbocycles. The van der Waals surface area contributed by atoms with Gasteiger partial charge in [0, 0.05) is 35.8 Å². The van der Waals surface area contributed by atoms with E-state index in [9.17, 15) is 27.9 Å². The Morgan fingerprint density at radius 2 is 1.74 bits per heavy atom. The minimum atomic E-state index is -4.63. The van der Waals surface area contributed by atoms with E-state index in [1.165, 1.54) is 41.2 Å². The highest BCUT2D eigenvalue weighted by molar-refractivity contribution is 6.30. The molecule has 1 N–H and O–H groups in total. The van der Waals surface area contributed by atoms with Gasteiger partial charge in [-0.3, -0.25) is 9.59 Å². The van der Waals surface area contributed by atoms with Crippen molar-refractivity contribution in [3.8, 4) is 11.5 Å². The van der Waals surface area contributed by atoms with Gasteiger partial charge in [0.1, 0.15) is 29.3 Å². The van der Waals surface area contributed by atoms with Crippen LogP contribution in [0.5, 0.6) is 11.5 Å². The number of anilines is 2. The van der Waals surface area contributed by atoms with E-state index in [1.54, 1.807) is 24.3 Å². The van der Waals surface area contributed by atoms with Gasteiger partial charge in [0.15, 0.2) is 0 Å². The van der Waals surface area contributed by atoms with E-state index in [0.29, 0.717) is 11.3 Å². The highest BCUT2D eigenvalue weighted by Gasteiger charge is 2.44. The maximum Gasteiger partial charge on any atom is 0.418 e. The number of methoxy groups -OCH3 is 1. The van der Waals surface area contributed by atoms with Crippen LogP contribution >= 0.6 is 11.6 Å². The molecular weight excluding hydrogens is 592 g/mol. The summed E-state index contributed by atoms with van der Waals surface area (Å²) in [5.74, 6) is -1.08. The van der Waals surface area contributed by atoms with Crippen molar-refractivity contribution < 1.29 is 41.7 Å². The van der Waals surface area contributed by atoms with Crippen molar-refractivity contribution in [3.63, 3.8) is 0 Å². The summed E-state index contributed by atoms with van der Waals surface area (Å²) in [6, 6.07) is 13.2. The predicted octanol–water partition coefficient (Wildman–Crippen LogP) is 6.74. The van der Waals surface area contributed by atoms with Crippen LogP contribution in [0.4, 0.5) is 28.9 Å². The van der Waals surface area contributed by atoms with E-state index in [1.807, 2.05) is 0 Å². The Morgan fingerprint density at radius 1 is 1.05 bits per heavy atom. The van der Waals surface area contributed by atoms with E-state index in [4.69, 9.17) is 21.1 Å². The molecule has 0 aromatic heterocycles. The van der Waals surface area contributed by atoms with Gasteiger partial charge in [0.05, 0.1) is 24.9 Å². The Kier molecular flexibility index (Phi) is 8.47. The number of hydrogen-bond acceptors (Lipinski definition) is 5. The van der Waals surface area contributed by atoms with Crippen LogP contribution in [0.2, 0.25) is 5.02 Å². The number of carboxylic acids is 1. The molecule has 3 aromatic rings. The van der Waals surface area contributed by atoms with Crippen molar-refractivity contribution in [3.05, 3.63) is 82.1 Å². The molecule has 1 fully saturated rings. The summed E-state index contributed by atoms with van der Waals surface area (Å²) in [6.07, 6.45) is -4.26. The van der Waals surface area contributed by atoms with Crippen molar-refractivity contribution in [2.75, 3.05) is 36.6 Å². The van der Waals surface area contributed by atoms with Crippen LogP contribution in [0.25, 0.3) is 0 Å². The molecule has 43 heavy (non-hydrogen) atoms. The van der Waals surface area contributed by atoms with Crippen molar-refractivity contribution >= 4 is 34.9 Å². The summed E-state index contributed by atoms with van der Waals surface area (Å²) >= 11 is 5.81. The quantitative estimate of drug-likeness (QED) is 0.281. The summed E-state index contributed by atoms with van der Waals surface area (Å²) in [4.78, 5) is 28.2. The molecule has 228 valence electrons. The predicted molar refractivity (Wildman–Crippen MR) is 152 cm³/mol. The highest BCUT2D eigenvalue weighted by atomic mass is 35.5. The Labute approximate surface area is 250 Å². The average molecular weight is 621 g/mol. The third-order valence-electron chi connectivity index (χ3n) is 8.13. The van der Waals surface area contributed by atoms with Gasteiger partial charge in [-0.25, -0.2) is 4.39 Å². The summed E-state index contributed by atoms with van der Waals surface area (Å²) in [5.41, 5.74) is -1.01. The fourth-order valence-electron chi connectivity index (χ4n) is 5.65. The molecule has 0 unspecified atom stereocenters. The van der Waals surface area contributed by atoms with Crippen LogP contribution in [0.15, 0.2) is 54.6 Å². The maximum absolute atomic E-state index is 15.2. The van der Waals surface area contributed by atoms with Crippen LogP contribution in [-0.2, 0) is 28.7 Å². The number of aliphatic carboxylic acids is 1. The first-order valence-corrected chi connectivity index (χ1v) is 14.0. The van der Waals surface area contributed by atoms with E-state index in [-0.39, 0.29) is 80.0 Å². The molecule has 0 bridgehead atoms. The molecule has 5 rings (SSSR count). The van der Waals surface area contributed by atoms with E-state index in [0.717, 1.165) is 11.6 Å². The molecule has 2 aliphatic heterocycles. The van der Waals surface area contributed by atoms with Gasteiger partial charge in [-0.15, -0.1) is 0 Å². The lowest BCUT2D eigenvalue weighted by Crippen LogP contribution is -2.48. The smallest absolute Gasteiger partial charge is 0.418 e. The minimum absolute atomic E-state index is 0.0216. The van der Waals surface area contributed by atoms with E-state index in [2.05, 4.69) is 0 Å². The Morgan fingerprint density at radius 3 is 2.37 bits per heavy atom. The largest absolute Gasteiger partial charge is 0.497 e. The van der Waals surface area contributed by atoms with Crippen molar-refractivity contribution in [2.45, 2.75) is 38.4 Å². The highest BCUT2D eigenvalue weighted by Crippen LogP contribution is 2.43. The molecule has 1 amide bonds. The summed E-state index contributed by atoms with van der Waals surface area (Å²) in [5, 5.41) is 10.1. The fourth-order valence-corrected chi connectivity index (χ4v) is 5.82. The van der Waals surface area contributed by atoms with Crippen LogP contribution in [0.1, 0.15) is 36.0 Å². The molecule has 0 radical (unpaired) electrons. The molecule has 3 aromatic carbocycles. The van der Waals surface area contributed by atoms with Crippen LogP contribution in [0.3, 0.4) is 0 Å². The standard InChI is InChI=1S/C31H29ClF4N2O5/c1-42-21-5-2-19(3-6-21)17-38-27(39)11-7-22-26(10-8-24(33)28(22)38)43-18-30(29(40)41)12-14-37(15-13-30)25-9-4-20(32)16-23(25)31(34,35)36/h2-6,8-10,16H,7,11-15,17-18H2,1H3,(H,40,41).